The molecule has 1 aliphatic carbocycles. The number of carbonyl (C=O) groups excluding carboxylic acids is 4. The molecule has 0 spiro atoms. The number of carbonyl (C=O) groups is 4. The van der Waals surface area contributed by atoms with Gasteiger partial charge >= 0.3 is 0 Å². The predicted molar refractivity (Wildman–Crippen MR) is 205 cm³/mol. The Bertz CT molecular complexity index is 2280. The molecule has 1 saturated heterocycles. The molecule has 2 bridgehead atoms. The maximum absolute atomic E-state index is 14.2. The second kappa shape index (κ2) is 15.5. The summed E-state index contributed by atoms with van der Waals surface area (Å²) in [5, 5.41) is 6.39. The first kappa shape index (κ1) is 37.6. The number of allylic oxidation sites excluding steroid dienone is 1. The molecule has 0 unspecified atom stereocenters. The van der Waals surface area contributed by atoms with Crippen LogP contribution in [-0.2, 0) is 24.4 Å². The number of hydrogen-bond acceptors (Lipinski definition) is 9. The number of sulfonamides is 1. The monoisotopic (exact) mass is 765 g/mol. The van der Waals surface area contributed by atoms with Crippen molar-refractivity contribution in [1.29, 1.82) is 0 Å². The molecule has 286 valence electrons. The Hall–Kier alpha value is -5.76. The van der Waals surface area contributed by atoms with E-state index in [2.05, 4.69) is 15.4 Å². The number of rotatable bonds is 6. The van der Waals surface area contributed by atoms with Crippen molar-refractivity contribution in [2.24, 2.45) is 5.92 Å². The van der Waals surface area contributed by atoms with E-state index in [0.717, 1.165) is 30.2 Å². The van der Waals surface area contributed by atoms with Gasteiger partial charge in [0, 0.05) is 54.5 Å². The smallest absolute Gasteiger partial charge is 0.264 e. The van der Waals surface area contributed by atoms with Gasteiger partial charge < -0.3 is 25.0 Å². The van der Waals surface area contributed by atoms with Crippen molar-refractivity contribution in [2.45, 2.75) is 68.0 Å². The van der Waals surface area contributed by atoms with E-state index in [1.54, 1.807) is 13.2 Å². The van der Waals surface area contributed by atoms with E-state index in [1.807, 2.05) is 60.7 Å². The Morgan fingerprint density at radius 2 is 1.76 bits per heavy atom. The molecule has 2 fully saturated rings. The molecule has 14 heteroatoms. The largest absolute Gasteiger partial charge is 0.497 e. The maximum atomic E-state index is 14.2. The van der Waals surface area contributed by atoms with Crippen LogP contribution in [0, 0.1) is 5.92 Å². The average Bonchev–Trinajstić information content (AvgIpc) is 3.71. The van der Waals surface area contributed by atoms with Gasteiger partial charge in [-0.25, -0.2) is 18.1 Å². The van der Waals surface area contributed by atoms with E-state index in [-0.39, 0.29) is 35.8 Å². The molecule has 4 atom stereocenters. The van der Waals surface area contributed by atoms with Crippen LogP contribution >= 0.6 is 0 Å². The van der Waals surface area contributed by atoms with Crippen LogP contribution in [0.4, 0.5) is 0 Å². The Labute approximate surface area is 319 Å². The van der Waals surface area contributed by atoms with Crippen LogP contribution in [0.1, 0.15) is 55.8 Å². The number of benzene rings is 3. The highest BCUT2D eigenvalue weighted by molar-refractivity contribution is 7.90. The summed E-state index contributed by atoms with van der Waals surface area (Å²) < 4.78 is 41.2. The lowest BCUT2D eigenvalue weighted by Crippen LogP contribution is -2.56. The summed E-state index contributed by atoms with van der Waals surface area (Å²) in [6.45, 7) is 1.92. The molecule has 4 aromatic rings. The molecule has 7 rings (SSSR count). The zero-order chi connectivity index (χ0) is 38.7. The molecular formula is C41H43N5O8S. The number of nitrogens with one attached hydrogen (secondary N) is 3. The van der Waals surface area contributed by atoms with E-state index >= 15 is 0 Å². The number of pyridine rings is 1. The molecule has 13 nitrogen and oxygen atoms in total. The van der Waals surface area contributed by atoms with Gasteiger partial charge in [-0.05, 0) is 56.0 Å². The van der Waals surface area contributed by atoms with Crippen molar-refractivity contribution in [2.75, 3.05) is 20.2 Å². The third-order valence-electron chi connectivity index (χ3n) is 10.4. The van der Waals surface area contributed by atoms with Gasteiger partial charge in [0.15, 0.2) is 0 Å². The molecule has 3 N–H and O–H groups in total. The topological polar surface area (TPSA) is 173 Å². The summed E-state index contributed by atoms with van der Waals surface area (Å²) in [5.74, 6) is -1.60. The van der Waals surface area contributed by atoms with Gasteiger partial charge in [-0.1, -0.05) is 55.0 Å². The van der Waals surface area contributed by atoms with Gasteiger partial charge in [-0.3, -0.25) is 19.2 Å². The molecule has 55 heavy (non-hydrogen) atoms. The molecule has 0 radical (unpaired) electrons. The fourth-order valence-electron chi connectivity index (χ4n) is 7.31. The Kier molecular flexibility index (Phi) is 10.6. The number of nitrogens with zero attached hydrogens (tertiary/aromatic N) is 2. The minimum Gasteiger partial charge on any atom is -0.497 e. The van der Waals surface area contributed by atoms with Crippen molar-refractivity contribution < 1.29 is 37.1 Å². The molecule has 2 aliphatic heterocycles. The van der Waals surface area contributed by atoms with Crippen molar-refractivity contribution in [3.05, 3.63) is 96.6 Å². The number of hydrogen-bond donors (Lipinski definition) is 3. The maximum Gasteiger partial charge on any atom is 0.264 e. The summed E-state index contributed by atoms with van der Waals surface area (Å²) in [5.41, 5.74) is 0.763. The summed E-state index contributed by atoms with van der Waals surface area (Å²) >= 11 is 0. The fraction of sp³-hybridized carbons (Fsp3) is 0.341. The van der Waals surface area contributed by atoms with Gasteiger partial charge in [0.2, 0.25) is 11.8 Å². The van der Waals surface area contributed by atoms with Gasteiger partial charge in [-0.2, -0.15) is 0 Å². The predicted octanol–water partition coefficient (Wildman–Crippen LogP) is 4.52. The van der Waals surface area contributed by atoms with Crippen LogP contribution in [0.15, 0.2) is 95.9 Å². The van der Waals surface area contributed by atoms with Crippen LogP contribution in [0.3, 0.4) is 0 Å². The Morgan fingerprint density at radius 3 is 2.55 bits per heavy atom. The zero-order valence-corrected chi connectivity index (χ0v) is 31.4. The van der Waals surface area contributed by atoms with Crippen molar-refractivity contribution in [3.8, 4) is 22.8 Å². The van der Waals surface area contributed by atoms with Crippen LogP contribution < -0.4 is 24.8 Å². The normalized spacial score (nSPS) is 23.8. The number of fused-ring (bicyclic) bond motifs is 4. The number of aromatic nitrogens is 1. The van der Waals surface area contributed by atoms with Crippen LogP contribution in [0.5, 0.6) is 11.5 Å². The number of methoxy groups -OCH3 is 1. The highest BCUT2D eigenvalue weighted by atomic mass is 32.2. The lowest BCUT2D eigenvalue weighted by molar-refractivity contribution is -0.138. The summed E-state index contributed by atoms with van der Waals surface area (Å²) in [6.07, 6.45) is 6.62. The first-order valence-corrected chi connectivity index (χ1v) is 19.9. The number of amides is 4. The Morgan fingerprint density at radius 1 is 0.964 bits per heavy atom. The minimum atomic E-state index is -4.43. The Balaban J connectivity index is 1.14. The first-order valence-electron chi connectivity index (χ1n) is 18.4. The van der Waals surface area contributed by atoms with Gasteiger partial charge in [-0.15, -0.1) is 0 Å². The highest BCUT2D eigenvalue weighted by Crippen LogP contribution is 2.46. The molecule has 3 aliphatic rings. The fourth-order valence-corrected chi connectivity index (χ4v) is 8.39. The second-order valence-corrected chi connectivity index (χ2v) is 15.9. The van der Waals surface area contributed by atoms with E-state index in [4.69, 9.17) is 14.5 Å². The zero-order valence-electron chi connectivity index (χ0n) is 30.6. The number of ether oxygens (including phenoxy) is 2. The highest BCUT2D eigenvalue weighted by Gasteiger charge is 2.61. The molecule has 4 amide bonds. The van der Waals surface area contributed by atoms with Gasteiger partial charge in [0.05, 0.1) is 29.8 Å². The van der Waals surface area contributed by atoms with Crippen LogP contribution in [0.2, 0.25) is 0 Å². The SMILES string of the molecule is COc1ccc2c(O[C@@H]3C[C@@H](C(=O)N[C@]45C[C@H]4C=CCCCCCNC(=O)c4cccc(c4)S(=O)(=O)NC5=O)N(C(C)=O)C3)cc(-c3ccccc3)nc2c1. The quantitative estimate of drug-likeness (QED) is 0.239. The second-order valence-electron chi connectivity index (χ2n) is 14.2. The van der Waals surface area contributed by atoms with E-state index in [9.17, 15) is 27.6 Å². The third kappa shape index (κ3) is 8.04. The molecule has 3 heterocycles. The summed E-state index contributed by atoms with van der Waals surface area (Å²) in [6, 6.07) is 21.4. The van der Waals surface area contributed by atoms with Gasteiger partial charge in [0.25, 0.3) is 21.8 Å². The standard InChI is InChI=1S/C41H43N5O8S/c1-26(47)46-25-31(54-37-23-34(27-12-7-6-8-13-27)43-35-21-30(53-2)17-18-33(35)37)22-36(46)39(49)44-41-24-29(41)15-9-4-3-5-10-19-42-38(48)28-14-11-16-32(20-28)55(51,52)45-40(41)50/h6-9,11-18,20-21,23,29,31,36H,3-5,10,19,22,24-25H2,1-2H3,(H,42,48)(H,44,49)(H,45,50)/t29-,31-,36+,41-/m1/s1. The summed E-state index contributed by atoms with van der Waals surface area (Å²) in [4.78, 5) is 59.8. The third-order valence-corrected chi connectivity index (χ3v) is 11.7. The van der Waals surface area contributed by atoms with E-state index in [0.29, 0.717) is 35.7 Å². The van der Waals surface area contributed by atoms with Crippen LogP contribution in [-0.4, -0.2) is 79.8 Å². The number of likely N-dealkylation sites (tertiary alicyclic amines) is 1. The average molecular weight is 766 g/mol. The van der Waals surface area contributed by atoms with Crippen molar-refractivity contribution in [3.63, 3.8) is 0 Å². The van der Waals surface area contributed by atoms with Crippen molar-refractivity contribution in [1.82, 2.24) is 25.2 Å². The van der Waals surface area contributed by atoms with E-state index in [1.165, 1.54) is 36.1 Å². The summed E-state index contributed by atoms with van der Waals surface area (Å²) in [7, 11) is -2.85. The minimum absolute atomic E-state index is 0.106. The first-order chi connectivity index (χ1) is 26.5. The van der Waals surface area contributed by atoms with Crippen molar-refractivity contribution >= 4 is 44.6 Å². The molecule has 1 aromatic heterocycles. The lowest BCUT2D eigenvalue weighted by Gasteiger charge is -2.25. The molecule has 1 saturated carbocycles. The van der Waals surface area contributed by atoms with E-state index < -0.39 is 51.3 Å². The molecular weight excluding hydrogens is 723 g/mol. The van der Waals surface area contributed by atoms with Gasteiger partial charge in [0.1, 0.15) is 29.2 Å². The van der Waals surface area contributed by atoms with Crippen LogP contribution in [0.25, 0.3) is 22.2 Å². The lowest BCUT2D eigenvalue weighted by atomic mass is 10.1. The molecule has 3 aromatic carbocycles.